The van der Waals surface area contributed by atoms with Crippen LogP contribution in [0.1, 0.15) is 36.8 Å². The molecule has 4 N–H and O–H groups in total. The molecular formula is C24H24O8. The molecule has 0 bridgehead atoms. The third kappa shape index (κ3) is 6.28. The van der Waals surface area contributed by atoms with E-state index in [1.165, 1.54) is 60.7 Å². The van der Waals surface area contributed by atoms with Gasteiger partial charge in [-0.05, 0) is 73.2 Å². The quantitative estimate of drug-likeness (QED) is 0.304. The van der Waals surface area contributed by atoms with E-state index in [-0.39, 0.29) is 23.0 Å². The molecule has 0 saturated heterocycles. The van der Waals surface area contributed by atoms with E-state index in [4.69, 9.17) is 9.47 Å². The Balaban J connectivity index is 1.57. The smallest absolute Gasteiger partial charge is 0.331 e. The van der Waals surface area contributed by atoms with E-state index in [1.54, 1.807) is 0 Å². The molecule has 1 aliphatic rings. The fraction of sp³-hybridized carbons (Fsp3) is 0.250. The minimum Gasteiger partial charge on any atom is -0.504 e. The van der Waals surface area contributed by atoms with Gasteiger partial charge in [-0.25, -0.2) is 9.59 Å². The van der Waals surface area contributed by atoms with Gasteiger partial charge in [0.05, 0.1) is 0 Å². The van der Waals surface area contributed by atoms with E-state index >= 15 is 0 Å². The van der Waals surface area contributed by atoms with Crippen LogP contribution in [0.5, 0.6) is 23.0 Å². The van der Waals surface area contributed by atoms with Crippen LogP contribution in [0.3, 0.4) is 0 Å². The molecule has 0 spiro atoms. The predicted octanol–water partition coefficient (Wildman–Crippen LogP) is 3.63. The monoisotopic (exact) mass is 440 g/mol. The first-order valence-electron chi connectivity index (χ1n) is 10.1. The zero-order valence-corrected chi connectivity index (χ0v) is 17.2. The second kappa shape index (κ2) is 10.4. The molecule has 0 radical (unpaired) electrons. The molecule has 0 aliphatic heterocycles. The number of ether oxygens (including phenoxy) is 2. The summed E-state index contributed by atoms with van der Waals surface area (Å²) < 4.78 is 10.9. The molecule has 1 fully saturated rings. The van der Waals surface area contributed by atoms with E-state index in [1.807, 2.05) is 0 Å². The summed E-state index contributed by atoms with van der Waals surface area (Å²) >= 11 is 0. The summed E-state index contributed by atoms with van der Waals surface area (Å²) in [5.74, 6) is -2.33. The first-order chi connectivity index (χ1) is 15.3. The number of aromatic hydroxyl groups is 4. The summed E-state index contributed by atoms with van der Waals surface area (Å²) in [6.07, 6.45) is 6.94. The summed E-state index contributed by atoms with van der Waals surface area (Å²) in [5.41, 5.74) is 1.02. The van der Waals surface area contributed by atoms with Crippen molar-refractivity contribution in [3.63, 3.8) is 0 Å². The van der Waals surface area contributed by atoms with Crippen molar-refractivity contribution >= 4 is 24.1 Å². The topological polar surface area (TPSA) is 134 Å². The SMILES string of the molecule is O=C(/C=C/c1ccc(O)c(O)c1)OC1CCCCC1OC(=O)/C=C/c1ccc(O)c(O)c1. The van der Waals surface area contributed by atoms with Gasteiger partial charge in [-0.2, -0.15) is 0 Å². The molecule has 3 rings (SSSR count). The molecule has 2 atom stereocenters. The second-order valence-electron chi connectivity index (χ2n) is 7.40. The van der Waals surface area contributed by atoms with Gasteiger partial charge in [0, 0.05) is 12.2 Å². The van der Waals surface area contributed by atoms with Crippen LogP contribution in [0, 0.1) is 0 Å². The number of hydrogen-bond donors (Lipinski definition) is 4. The number of carbonyl (C=O) groups is 2. The fourth-order valence-corrected chi connectivity index (χ4v) is 3.33. The van der Waals surface area contributed by atoms with E-state index in [0.717, 1.165) is 12.8 Å². The number of carbonyl (C=O) groups excluding carboxylic acids is 2. The Morgan fingerprint density at radius 3 is 1.47 bits per heavy atom. The maximum atomic E-state index is 12.2. The number of hydrogen-bond acceptors (Lipinski definition) is 8. The van der Waals surface area contributed by atoms with Crippen LogP contribution in [-0.4, -0.2) is 44.6 Å². The number of benzene rings is 2. The van der Waals surface area contributed by atoms with Gasteiger partial charge in [-0.3, -0.25) is 0 Å². The molecule has 8 heteroatoms. The second-order valence-corrected chi connectivity index (χ2v) is 7.40. The Hall–Kier alpha value is -3.94. The van der Waals surface area contributed by atoms with E-state index in [2.05, 4.69) is 0 Å². The van der Waals surface area contributed by atoms with Crippen molar-refractivity contribution in [2.24, 2.45) is 0 Å². The highest BCUT2D eigenvalue weighted by molar-refractivity contribution is 5.88. The number of phenols is 4. The van der Waals surface area contributed by atoms with Gasteiger partial charge in [0.1, 0.15) is 12.2 Å². The molecule has 0 heterocycles. The Labute approximate surface area is 184 Å². The highest BCUT2D eigenvalue weighted by Crippen LogP contribution is 2.27. The normalized spacial score (nSPS) is 18.6. The van der Waals surface area contributed by atoms with Gasteiger partial charge in [0.15, 0.2) is 23.0 Å². The highest BCUT2D eigenvalue weighted by atomic mass is 16.6. The zero-order valence-electron chi connectivity index (χ0n) is 17.2. The summed E-state index contributed by atoms with van der Waals surface area (Å²) in [7, 11) is 0. The van der Waals surface area contributed by atoms with E-state index < -0.39 is 24.1 Å². The lowest BCUT2D eigenvalue weighted by atomic mass is 9.94. The van der Waals surface area contributed by atoms with Crippen LogP contribution in [0.2, 0.25) is 0 Å². The molecule has 1 saturated carbocycles. The zero-order chi connectivity index (χ0) is 23.1. The number of esters is 2. The Morgan fingerprint density at radius 2 is 1.09 bits per heavy atom. The molecule has 2 aromatic rings. The number of phenolic OH excluding ortho intramolecular Hbond substituents is 4. The third-order valence-corrected chi connectivity index (χ3v) is 5.00. The predicted molar refractivity (Wildman–Crippen MR) is 116 cm³/mol. The van der Waals surface area contributed by atoms with E-state index in [0.29, 0.717) is 24.0 Å². The highest BCUT2D eigenvalue weighted by Gasteiger charge is 2.30. The third-order valence-electron chi connectivity index (χ3n) is 5.00. The molecule has 0 aromatic heterocycles. The van der Waals surface area contributed by atoms with Crippen molar-refractivity contribution in [1.29, 1.82) is 0 Å². The Kier molecular flexibility index (Phi) is 7.38. The van der Waals surface area contributed by atoms with Crippen molar-refractivity contribution in [3.8, 4) is 23.0 Å². The maximum Gasteiger partial charge on any atom is 0.331 e. The average Bonchev–Trinajstić information content (AvgIpc) is 2.77. The van der Waals surface area contributed by atoms with Crippen molar-refractivity contribution in [1.82, 2.24) is 0 Å². The summed E-state index contributed by atoms with van der Waals surface area (Å²) in [6, 6.07) is 8.30. The Bertz CT molecular complexity index is 957. The molecular weight excluding hydrogens is 416 g/mol. The molecule has 2 aromatic carbocycles. The van der Waals surface area contributed by atoms with Gasteiger partial charge in [0.2, 0.25) is 0 Å². The molecule has 2 unspecified atom stereocenters. The fourth-order valence-electron chi connectivity index (χ4n) is 3.33. The first kappa shape index (κ1) is 22.7. The van der Waals surface area contributed by atoms with Gasteiger partial charge >= 0.3 is 11.9 Å². The molecule has 1 aliphatic carbocycles. The molecule has 8 nitrogen and oxygen atoms in total. The summed E-state index contributed by atoms with van der Waals surface area (Å²) in [6.45, 7) is 0. The first-order valence-corrected chi connectivity index (χ1v) is 10.1. The lowest BCUT2D eigenvalue weighted by Gasteiger charge is -2.30. The Morgan fingerprint density at radius 1 is 0.688 bits per heavy atom. The van der Waals surface area contributed by atoms with Crippen LogP contribution in [0.15, 0.2) is 48.6 Å². The van der Waals surface area contributed by atoms with E-state index in [9.17, 15) is 30.0 Å². The van der Waals surface area contributed by atoms with Crippen molar-refractivity contribution in [3.05, 3.63) is 59.7 Å². The van der Waals surface area contributed by atoms with Gasteiger partial charge in [0.25, 0.3) is 0 Å². The summed E-state index contributed by atoms with van der Waals surface area (Å²) in [4.78, 5) is 24.4. The van der Waals surface area contributed by atoms with Gasteiger partial charge in [-0.1, -0.05) is 12.1 Å². The van der Waals surface area contributed by atoms with Crippen LogP contribution in [0.25, 0.3) is 12.2 Å². The van der Waals surface area contributed by atoms with Gasteiger partial charge in [-0.15, -0.1) is 0 Å². The van der Waals surface area contributed by atoms with Crippen LogP contribution in [0.4, 0.5) is 0 Å². The minimum absolute atomic E-state index is 0.257. The summed E-state index contributed by atoms with van der Waals surface area (Å²) in [5, 5.41) is 37.7. The molecule has 0 amide bonds. The minimum atomic E-state index is -0.611. The molecule has 32 heavy (non-hydrogen) atoms. The lowest BCUT2D eigenvalue weighted by molar-refractivity contribution is -0.165. The van der Waals surface area contributed by atoms with Crippen molar-refractivity contribution in [2.75, 3.05) is 0 Å². The standard InChI is InChI=1S/C24H24O8/c25-17-9-5-15(13-19(17)27)7-11-23(29)31-21-3-1-2-4-22(21)32-24(30)12-8-16-6-10-18(26)20(28)14-16/h5-14,21-22,25-28H,1-4H2/b11-7+,12-8+. The maximum absolute atomic E-state index is 12.2. The van der Waals surface area contributed by atoms with Crippen LogP contribution in [-0.2, 0) is 19.1 Å². The van der Waals surface area contributed by atoms with Crippen molar-refractivity contribution < 1.29 is 39.5 Å². The average molecular weight is 440 g/mol. The molecule has 168 valence electrons. The largest absolute Gasteiger partial charge is 0.504 e. The lowest BCUT2D eigenvalue weighted by Crippen LogP contribution is -2.37. The number of rotatable bonds is 6. The van der Waals surface area contributed by atoms with Crippen LogP contribution >= 0.6 is 0 Å². The van der Waals surface area contributed by atoms with Gasteiger partial charge < -0.3 is 29.9 Å². The van der Waals surface area contributed by atoms with Crippen LogP contribution < -0.4 is 0 Å². The van der Waals surface area contributed by atoms with Crippen molar-refractivity contribution in [2.45, 2.75) is 37.9 Å².